The van der Waals surface area contributed by atoms with E-state index >= 15 is 0 Å². The molecule has 100 valence electrons. The second-order valence-corrected chi connectivity index (χ2v) is 5.63. The second-order valence-electron chi connectivity index (χ2n) is 3.70. The predicted octanol–water partition coefficient (Wildman–Crippen LogP) is 1.41. The summed E-state index contributed by atoms with van der Waals surface area (Å²) < 4.78 is 24.7. The topological polar surface area (TPSA) is 66.4 Å². The molecule has 0 unspecified atom stereocenters. The Morgan fingerprint density at radius 2 is 1.62 bits per heavy atom. The minimum Gasteiger partial charge on any atom is -0.395 e. The van der Waals surface area contributed by atoms with Crippen LogP contribution >= 0.6 is 0 Å². The van der Waals surface area contributed by atoms with Gasteiger partial charge in [-0.2, -0.15) is 0 Å². The highest BCUT2D eigenvalue weighted by Crippen LogP contribution is 2.04. The van der Waals surface area contributed by atoms with Gasteiger partial charge in [-0.25, -0.2) is 13.1 Å². The Morgan fingerprint density at radius 3 is 2.19 bits per heavy atom. The van der Waals surface area contributed by atoms with Crippen molar-refractivity contribution in [1.82, 2.24) is 4.72 Å². The highest BCUT2D eigenvalue weighted by atomic mass is 32.2. The zero-order chi connectivity index (χ0) is 11.6. The number of aliphatic hydroxyl groups excluding tert-OH is 1. The van der Waals surface area contributed by atoms with Crippen LogP contribution in [-0.4, -0.2) is 32.4 Å². The summed E-state index contributed by atoms with van der Waals surface area (Å²) in [6.07, 6.45) is 6.85. The molecule has 0 aliphatic heterocycles. The summed E-state index contributed by atoms with van der Waals surface area (Å²) in [4.78, 5) is 0. The van der Waals surface area contributed by atoms with E-state index in [0.717, 1.165) is 12.8 Å². The lowest BCUT2D eigenvalue weighted by molar-refractivity contribution is 0.319. The molecule has 0 rings (SSSR count). The first-order valence-electron chi connectivity index (χ1n) is 5.70. The van der Waals surface area contributed by atoms with Crippen LogP contribution in [0.4, 0.5) is 4.70 Å². The van der Waals surface area contributed by atoms with E-state index in [1.165, 1.54) is 25.7 Å². The fourth-order valence-corrected chi connectivity index (χ4v) is 2.17. The van der Waals surface area contributed by atoms with Crippen molar-refractivity contribution in [3.63, 3.8) is 0 Å². The van der Waals surface area contributed by atoms with E-state index in [1.54, 1.807) is 0 Å². The van der Waals surface area contributed by atoms with Crippen LogP contribution in [-0.2, 0) is 10.0 Å². The zero-order valence-corrected chi connectivity index (χ0v) is 10.8. The van der Waals surface area contributed by atoms with Gasteiger partial charge in [-0.15, -0.1) is 0 Å². The third-order valence-electron chi connectivity index (χ3n) is 2.21. The molecule has 4 nitrogen and oxygen atoms in total. The minimum atomic E-state index is -3.23. The number of hydrogen-bond donors (Lipinski definition) is 2. The maximum atomic E-state index is 11.1. The average Bonchev–Trinajstić information content (AvgIpc) is 2.16. The van der Waals surface area contributed by atoms with E-state index < -0.39 is 10.0 Å². The molecule has 0 aliphatic carbocycles. The molecule has 0 fully saturated rings. The van der Waals surface area contributed by atoms with Gasteiger partial charge < -0.3 is 5.11 Å². The van der Waals surface area contributed by atoms with Crippen LogP contribution in [0, 0.1) is 0 Å². The highest BCUT2D eigenvalue weighted by Gasteiger charge is 2.06. The van der Waals surface area contributed by atoms with Crippen LogP contribution in [0.2, 0.25) is 0 Å². The zero-order valence-electron chi connectivity index (χ0n) is 9.94. The molecular formula is C10H24FNO3S. The van der Waals surface area contributed by atoms with Crippen LogP contribution in [0.1, 0.15) is 45.4 Å². The molecule has 6 heteroatoms. The number of unbranched alkanes of at least 4 members (excludes halogenated alkanes) is 5. The smallest absolute Gasteiger partial charge is 0.213 e. The quantitative estimate of drug-likeness (QED) is 0.582. The van der Waals surface area contributed by atoms with Gasteiger partial charge in [0.25, 0.3) is 0 Å². The number of nitrogens with one attached hydrogen (secondary N) is 1. The molecule has 2 N–H and O–H groups in total. The molecule has 0 bridgehead atoms. The molecule has 0 spiro atoms. The van der Waals surface area contributed by atoms with Crippen LogP contribution in [0.3, 0.4) is 0 Å². The Labute approximate surface area is 97.9 Å². The summed E-state index contributed by atoms with van der Waals surface area (Å²) in [6, 6.07) is 0. The van der Waals surface area contributed by atoms with Crippen molar-refractivity contribution in [3.8, 4) is 0 Å². The molecule has 0 heterocycles. The fourth-order valence-electron chi connectivity index (χ4n) is 1.33. The van der Waals surface area contributed by atoms with E-state index in [1.807, 2.05) is 0 Å². The van der Waals surface area contributed by atoms with Gasteiger partial charge in [0, 0.05) is 6.54 Å². The van der Waals surface area contributed by atoms with Gasteiger partial charge in [0.2, 0.25) is 10.0 Å². The summed E-state index contributed by atoms with van der Waals surface area (Å²) >= 11 is 0. The SMILES string of the molecule is CCCCCCCCNS(=O)(=O)CCO.F. The van der Waals surface area contributed by atoms with E-state index in [4.69, 9.17) is 5.11 Å². The van der Waals surface area contributed by atoms with Crippen molar-refractivity contribution < 1.29 is 18.2 Å². The molecule has 16 heavy (non-hydrogen) atoms. The first kappa shape index (κ1) is 18.2. The summed E-state index contributed by atoms with van der Waals surface area (Å²) in [7, 11) is -3.23. The number of halogens is 1. The molecule has 0 aromatic carbocycles. The molecular weight excluding hydrogens is 233 g/mol. The summed E-state index contributed by atoms with van der Waals surface area (Å²) in [5, 5.41) is 8.48. The summed E-state index contributed by atoms with van der Waals surface area (Å²) in [6.45, 7) is 2.35. The minimum absolute atomic E-state index is 0. The van der Waals surface area contributed by atoms with Crippen molar-refractivity contribution in [1.29, 1.82) is 0 Å². The largest absolute Gasteiger partial charge is 0.395 e. The molecule has 0 atom stereocenters. The average molecular weight is 257 g/mol. The number of sulfonamides is 1. The molecule has 0 radical (unpaired) electrons. The van der Waals surface area contributed by atoms with Crippen LogP contribution in [0.25, 0.3) is 0 Å². The predicted molar refractivity (Wildman–Crippen MR) is 64.8 cm³/mol. The Morgan fingerprint density at radius 1 is 1.06 bits per heavy atom. The summed E-state index contributed by atoms with van der Waals surface area (Å²) in [5.41, 5.74) is 0. The molecule has 0 saturated carbocycles. The van der Waals surface area contributed by atoms with E-state index in [9.17, 15) is 8.42 Å². The van der Waals surface area contributed by atoms with E-state index in [2.05, 4.69) is 11.6 Å². The van der Waals surface area contributed by atoms with Gasteiger partial charge in [-0.3, -0.25) is 4.70 Å². The van der Waals surface area contributed by atoms with Gasteiger partial charge >= 0.3 is 0 Å². The Balaban J connectivity index is 0. The van der Waals surface area contributed by atoms with E-state index in [0.29, 0.717) is 6.54 Å². The lowest BCUT2D eigenvalue weighted by atomic mass is 10.1. The monoisotopic (exact) mass is 257 g/mol. The fraction of sp³-hybridized carbons (Fsp3) is 1.00. The normalized spacial score (nSPS) is 11.1. The van der Waals surface area contributed by atoms with Gasteiger partial charge in [-0.05, 0) is 6.42 Å². The Bertz CT molecular complexity index is 232. The maximum Gasteiger partial charge on any atom is 0.213 e. The molecule has 0 amide bonds. The van der Waals surface area contributed by atoms with Gasteiger partial charge in [0.15, 0.2) is 0 Å². The number of hydrogen-bond acceptors (Lipinski definition) is 3. The van der Waals surface area contributed by atoms with Gasteiger partial charge in [0.05, 0.1) is 12.4 Å². The maximum absolute atomic E-state index is 11.1. The summed E-state index contributed by atoms with van der Waals surface area (Å²) in [5.74, 6) is -0.192. The number of rotatable bonds is 10. The van der Waals surface area contributed by atoms with Crippen molar-refractivity contribution in [2.75, 3.05) is 18.9 Å². The molecule has 0 aromatic heterocycles. The van der Waals surface area contributed by atoms with Crippen LogP contribution in [0.5, 0.6) is 0 Å². The van der Waals surface area contributed by atoms with Crippen molar-refractivity contribution in [3.05, 3.63) is 0 Å². The standard InChI is InChI=1S/C10H23NO3S.FH/c1-2-3-4-5-6-7-8-11-15(13,14)10-9-12;/h11-12H,2-10H2,1H3;1H. The highest BCUT2D eigenvalue weighted by molar-refractivity contribution is 7.89. The van der Waals surface area contributed by atoms with Crippen LogP contribution < -0.4 is 4.72 Å². The molecule has 0 aliphatic rings. The lowest BCUT2D eigenvalue weighted by Crippen LogP contribution is -2.28. The van der Waals surface area contributed by atoms with E-state index in [-0.39, 0.29) is 17.1 Å². The lowest BCUT2D eigenvalue weighted by Gasteiger charge is -2.04. The van der Waals surface area contributed by atoms with Gasteiger partial charge in [0.1, 0.15) is 0 Å². The Hall–Kier alpha value is -0.200. The number of aliphatic hydroxyl groups is 1. The van der Waals surface area contributed by atoms with Crippen molar-refractivity contribution in [2.24, 2.45) is 0 Å². The van der Waals surface area contributed by atoms with Crippen molar-refractivity contribution in [2.45, 2.75) is 45.4 Å². The van der Waals surface area contributed by atoms with Crippen molar-refractivity contribution >= 4 is 10.0 Å². The third kappa shape index (κ3) is 11.9. The first-order valence-corrected chi connectivity index (χ1v) is 7.36. The molecule has 0 saturated heterocycles. The Kier molecular flexibility index (Phi) is 12.8. The molecule has 0 aromatic rings. The van der Waals surface area contributed by atoms with Crippen LogP contribution in [0.15, 0.2) is 0 Å². The third-order valence-corrected chi connectivity index (χ3v) is 3.58. The van der Waals surface area contributed by atoms with Gasteiger partial charge in [-0.1, -0.05) is 39.0 Å². The second kappa shape index (κ2) is 11.3. The first-order chi connectivity index (χ1) is 7.12.